The fourth-order valence-corrected chi connectivity index (χ4v) is 2.18. The fourth-order valence-electron chi connectivity index (χ4n) is 1.94. The van der Waals surface area contributed by atoms with Crippen LogP contribution >= 0.6 is 11.6 Å². The molecule has 0 aromatic heterocycles. The summed E-state index contributed by atoms with van der Waals surface area (Å²) in [5.74, 6) is 0. The Kier molecular flexibility index (Phi) is 4.60. The monoisotopic (exact) mass is 263 g/mol. The van der Waals surface area contributed by atoms with Crippen molar-refractivity contribution in [1.29, 1.82) is 5.26 Å². The molecular formula is C14H18ClN3. The summed E-state index contributed by atoms with van der Waals surface area (Å²) in [6.07, 6.45) is 2.69. The lowest BCUT2D eigenvalue weighted by Crippen LogP contribution is -2.30. The molecule has 1 fully saturated rings. The van der Waals surface area contributed by atoms with Gasteiger partial charge in [-0.05, 0) is 37.6 Å². The van der Waals surface area contributed by atoms with Crippen LogP contribution in [0.3, 0.4) is 0 Å². The van der Waals surface area contributed by atoms with Crippen LogP contribution in [-0.2, 0) is 6.54 Å². The number of nitrogens with zero attached hydrogens (tertiary/aromatic N) is 2. The Morgan fingerprint density at radius 3 is 2.89 bits per heavy atom. The second kappa shape index (κ2) is 6.19. The molecule has 0 bridgehead atoms. The molecule has 1 aromatic carbocycles. The molecule has 0 aliphatic heterocycles. The number of hydrogen-bond donors (Lipinski definition) is 1. The molecule has 18 heavy (non-hydrogen) atoms. The highest BCUT2D eigenvalue weighted by atomic mass is 35.5. The van der Waals surface area contributed by atoms with Crippen molar-refractivity contribution in [3.05, 3.63) is 34.3 Å². The second-order valence-electron chi connectivity index (χ2n) is 4.81. The van der Waals surface area contributed by atoms with Crippen molar-refractivity contribution < 1.29 is 0 Å². The average Bonchev–Trinajstić information content (AvgIpc) is 3.20. The smallest absolute Gasteiger partial charge is 0.0992 e. The summed E-state index contributed by atoms with van der Waals surface area (Å²) in [6, 6.07) is 8.33. The summed E-state index contributed by atoms with van der Waals surface area (Å²) in [4.78, 5) is 2.40. The quantitative estimate of drug-likeness (QED) is 0.801. The molecule has 0 saturated heterocycles. The van der Waals surface area contributed by atoms with Gasteiger partial charge in [-0.2, -0.15) is 5.26 Å². The van der Waals surface area contributed by atoms with Crippen LogP contribution in [0.5, 0.6) is 0 Å². The third-order valence-electron chi connectivity index (χ3n) is 3.31. The zero-order chi connectivity index (χ0) is 13.0. The van der Waals surface area contributed by atoms with Crippen LogP contribution in [0.25, 0.3) is 0 Å². The Hall–Kier alpha value is -1.08. The maximum absolute atomic E-state index is 8.76. The number of nitriles is 1. The molecule has 96 valence electrons. The summed E-state index contributed by atoms with van der Waals surface area (Å²) in [5, 5.41) is 12.8. The molecule has 4 heteroatoms. The predicted octanol–water partition coefficient (Wildman–Crippen LogP) is 2.40. The summed E-state index contributed by atoms with van der Waals surface area (Å²) in [7, 11) is 2.17. The topological polar surface area (TPSA) is 39.1 Å². The maximum Gasteiger partial charge on any atom is 0.0992 e. The molecule has 3 nitrogen and oxygen atoms in total. The van der Waals surface area contributed by atoms with Gasteiger partial charge < -0.3 is 10.2 Å². The van der Waals surface area contributed by atoms with Crippen molar-refractivity contribution in [3.8, 4) is 6.07 Å². The van der Waals surface area contributed by atoms with Crippen LogP contribution in [0.1, 0.15) is 24.0 Å². The van der Waals surface area contributed by atoms with Gasteiger partial charge in [-0.15, -0.1) is 0 Å². The van der Waals surface area contributed by atoms with E-state index in [1.807, 2.05) is 6.07 Å². The molecule has 1 aromatic rings. The molecule has 1 N–H and O–H groups in total. The Bertz CT molecular complexity index is 449. The number of halogens is 1. The van der Waals surface area contributed by atoms with Gasteiger partial charge in [0.2, 0.25) is 0 Å². The van der Waals surface area contributed by atoms with E-state index in [1.54, 1.807) is 12.1 Å². The van der Waals surface area contributed by atoms with Gasteiger partial charge in [0.1, 0.15) is 0 Å². The lowest BCUT2D eigenvalue weighted by molar-refractivity contribution is 0.321. The van der Waals surface area contributed by atoms with E-state index in [1.165, 1.54) is 12.8 Å². The fraction of sp³-hybridized carbons (Fsp3) is 0.500. The highest BCUT2D eigenvalue weighted by Crippen LogP contribution is 2.24. The molecule has 0 atom stereocenters. The van der Waals surface area contributed by atoms with E-state index in [-0.39, 0.29) is 0 Å². The summed E-state index contributed by atoms with van der Waals surface area (Å²) < 4.78 is 0. The largest absolute Gasteiger partial charge is 0.311 e. The van der Waals surface area contributed by atoms with E-state index in [9.17, 15) is 0 Å². The van der Waals surface area contributed by atoms with Crippen LogP contribution < -0.4 is 5.32 Å². The Balaban J connectivity index is 1.74. The maximum atomic E-state index is 8.76. The lowest BCUT2D eigenvalue weighted by atomic mass is 10.1. The van der Waals surface area contributed by atoms with Crippen molar-refractivity contribution in [2.24, 2.45) is 0 Å². The van der Waals surface area contributed by atoms with Gasteiger partial charge in [-0.1, -0.05) is 17.7 Å². The van der Waals surface area contributed by atoms with Gasteiger partial charge in [0.05, 0.1) is 11.6 Å². The van der Waals surface area contributed by atoms with Crippen LogP contribution in [0.2, 0.25) is 5.02 Å². The van der Waals surface area contributed by atoms with Gasteiger partial charge >= 0.3 is 0 Å². The molecule has 1 aliphatic carbocycles. The van der Waals surface area contributed by atoms with Crippen molar-refractivity contribution >= 4 is 11.6 Å². The second-order valence-corrected chi connectivity index (χ2v) is 5.21. The Labute approximate surface area is 113 Å². The molecule has 0 unspecified atom stereocenters. The first-order valence-corrected chi connectivity index (χ1v) is 6.68. The molecule has 1 aliphatic rings. The van der Waals surface area contributed by atoms with Crippen molar-refractivity contribution in [1.82, 2.24) is 10.2 Å². The van der Waals surface area contributed by atoms with Gasteiger partial charge in [-0.25, -0.2) is 0 Å². The minimum absolute atomic E-state index is 0.609. The highest BCUT2D eigenvalue weighted by molar-refractivity contribution is 6.31. The van der Waals surface area contributed by atoms with Gasteiger partial charge in [-0.3, -0.25) is 0 Å². The first-order chi connectivity index (χ1) is 8.70. The summed E-state index contributed by atoms with van der Waals surface area (Å²) in [5.41, 5.74) is 1.65. The van der Waals surface area contributed by atoms with Crippen LogP contribution in [0.4, 0.5) is 0 Å². The molecule has 2 rings (SSSR count). The first kappa shape index (κ1) is 13.4. The molecule has 0 heterocycles. The number of rotatable bonds is 6. The molecular weight excluding hydrogens is 246 g/mol. The first-order valence-electron chi connectivity index (χ1n) is 6.30. The minimum Gasteiger partial charge on any atom is -0.311 e. The van der Waals surface area contributed by atoms with E-state index in [0.29, 0.717) is 10.6 Å². The Morgan fingerprint density at radius 1 is 1.50 bits per heavy atom. The van der Waals surface area contributed by atoms with Gasteiger partial charge in [0.15, 0.2) is 0 Å². The third kappa shape index (κ3) is 3.71. The zero-order valence-corrected chi connectivity index (χ0v) is 11.4. The third-order valence-corrected chi connectivity index (χ3v) is 3.66. The average molecular weight is 264 g/mol. The number of nitrogens with one attached hydrogen (secondary N) is 1. The van der Waals surface area contributed by atoms with Crippen LogP contribution in [0, 0.1) is 11.3 Å². The van der Waals surface area contributed by atoms with Crippen LogP contribution in [-0.4, -0.2) is 31.1 Å². The normalized spacial score (nSPS) is 14.8. The molecule has 0 spiro atoms. The van der Waals surface area contributed by atoms with Crippen molar-refractivity contribution in [2.75, 3.05) is 20.1 Å². The SMILES string of the molecule is CN(CCNCc1ccc(C#N)cc1Cl)C1CC1. The molecule has 0 radical (unpaired) electrons. The standard InChI is InChI=1S/C14H18ClN3/c1-18(13-4-5-13)7-6-17-10-12-3-2-11(9-16)8-14(12)15/h2-3,8,13,17H,4-7,10H2,1H3. The number of benzene rings is 1. The highest BCUT2D eigenvalue weighted by Gasteiger charge is 2.25. The predicted molar refractivity (Wildman–Crippen MR) is 73.5 cm³/mol. The van der Waals surface area contributed by atoms with Crippen LogP contribution in [0.15, 0.2) is 18.2 Å². The van der Waals surface area contributed by atoms with Crippen molar-refractivity contribution in [3.63, 3.8) is 0 Å². The summed E-state index contributed by atoms with van der Waals surface area (Å²) >= 11 is 6.11. The van der Waals surface area contributed by atoms with E-state index in [2.05, 4.69) is 23.3 Å². The van der Waals surface area contributed by atoms with E-state index >= 15 is 0 Å². The zero-order valence-electron chi connectivity index (χ0n) is 10.6. The van der Waals surface area contributed by atoms with E-state index < -0.39 is 0 Å². The molecule has 0 amide bonds. The number of likely N-dealkylation sites (N-methyl/N-ethyl adjacent to an activating group) is 1. The number of hydrogen-bond acceptors (Lipinski definition) is 3. The van der Waals surface area contributed by atoms with E-state index in [4.69, 9.17) is 16.9 Å². The van der Waals surface area contributed by atoms with E-state index in [0.717, 1.165) is 31.2 Å². The molecule has 1 saturated carbocycles. The minimum atomic E-state index is 0.609. The lowest BCUT2D eigenvalue weighted by Gasteiger charge is -2.15. The summed E-state index contributed by atoms with van der Waals surface area (Å²) in [6.45, 7) is 2.78. The van der Waals surface area contributed by atoms with Crippen molar-refractivity contribution in [2.45, 2.75) is 25.4 Å². The van der Waals surface area contributed by atoms with Gasteiger partial charge in [0, 0.05) is 30.7 Å². The Morgan fingerprint density at radius 2 is 2.28 bits per heavy atom. The van der Waals surface area contributed by atoms with Gasteiger partial charge in [0.25, 0.3) is 0 Å².